The summed E-state index contributed by atoms with van der Waals surface area (Å²) in [7, 11) is -3.23. The molecule has 32 heavy (non-hydrogen) atoms. The van der Waals surface area contributed by atoms with Crippen molar-refractivity contribution in [3.8, 4) is 11.1 Å². The number of carbonyl (C=O) groups is 1. The first-order valence-corrected chi connectivity index (χ1v) is 12.1. The van der Waals surface area contributed by atoms with Crippen LogP contribution >= 0.6 is 0 Å². The summed E-state index contributed by atoms with van der Waals surface area (Å²) in [6.07, 6.45) is 6.59. The Labute approximate surface area is 186 Å². The summed E-state index contributed by atoms with van der Waals surface area (Å²) in [4.78, 5) is 16.5. The molecule has 0 aliphatic heterocycles. The monoisotopic (exact) mass is 449 g/mol. The van der Waals surface area contributed by atoms with Gasteiger partial charge in [-0.2, -0.15) is 0 Å². The maximum atomic E-state index is 12.5. The predicted molar refractivity (Wildman–Crippen MR) is 122 cm³/mol. The van der Waals surface area contributed by atoms with Crippen LogP contribution < -0.4 is 5.32 Å². The van der Waals surface area contributed by atoms with Gasteiger partial charge in [0, 0.05) is 31.7 Å². The molecule has 0 atom stereocenters. The van der Waals surface area contributed by atoms with Crippen LogP contribution in [0.1, 0.15) is 27.4 Å². The number of aromatic nitrogens is 2. The van der Waals surface area contributed by atoms with Gasteiger partial charge in [-0.25, -0.2) is 13.4 Å². The Kier molecular flexibility index (Phi) is 6.23. The summed E-state index contributed by atoms with van der Waals surface area (Å²) in [6, 6.07) is 19.2. The zero-order chi connectivity index (χ0) is 22.6. The normalized spacial score (nSPS) is 11.4. The lowest BCUT2D eigenvalue weighted by Crippen LogP contribution is -2.22. The van der Waals surface area contributed by atoms with Crippen LogP contribution in [-0.2, 0) is 28.7 Å². The molecule has 0 aliphatic rings. The highest BCUT2D eigenvalue weighted by atomic mass is 32.2. The van der Waals surface area contributed by atoms with Gasteiger partial charge < -0.3 is 14.3 Å². The van der Waals surface area contributed by atoms with Crippen LogP contribution in [0.15, 0.2) is 83.8 Å². The van der Waals surface area contributed by atoms with E-state index in [0.29, 0.717) is 6.54 Å². The van der Waals surface area contributed by atoms with Crippen molar-refractivity contribution < 1.29 is 17.6 Å². The van der Waals surface area contributed by atoms with E-state index >= 15 is 0 Å². The summed E-state index contributed by atoms with van der Waals surface area (Å²) < 4.78 is 30.2. The number of nitrogens with one attached hydrogen (secondary N) is 1. The van der Waals surface area contributed by atoms with Gasteiger partial charge in [-0.1, -0.05) is 48.5 Å². The molecule has 4 rings (SSSR count). The van der Waals surface area contributed by atoms with Crippen LogP contribution in [0.5, 0.6) is 0 Å². The molecule has 1 N–H and O–H groups in total. The fraction of sp³-hybridized carbons (Fsp3) is 0.167. The molecule has 0 saturated carbocycles. The molecule has 7 nitrogen and oxygen atoms in total. The van der Waals surface area contributed by atoms with E-state index in [1.54, 1.807) is 12.5 Å². The van der Waals surface area contributed by atoms with Gasteiger partial charge in [-0.3, -0.25) is 4.79 Å². The maximum Gasteiger partial charge on any atom is 0.287 e. The maximum absolute atomic E-state index is 12.5. The Balaban J connectivity index is 1.44. The van der Waals surface area contributed by atoms with E-state index in [4.69, 9.17) is 4.42 Å². The molecule has 0 unspecified atom stereocenters. The number of rotatable bonds is 8. The average Bonchev–Trinajstić information content (AvgIpc) is 3.44. The first kappa shape index (κ1) is 21.6. The second-order valence-corrected chi connectivity index (χ2v) is 9.75. The largest absolute Gasteiger partial charge is 0.455 e. The molecule has 1 amide bonds. The summed E-state index contributed by atoms with van der Waals surface area (Å²) in [5, 5.41) is 2.85. The Morgan fingerprint density at radius 1 is 1.06 bits per heavy atom. The molecule has 0 bridgehead atoms. The number of amides is 1. The lowest BCUT2D eigenvalue weighted by molar-refractivity contribution is 0.0921. The molecular weight excluding hydrogens is 426 g/mol. The van der Waals surface area contributed by atoms with Crippen LogP contribution in [-0.4, -0.2) is 30.1 Å². The zero-order valence-corrected chi connectivity index (χ0v) is 18.4. The van der Waals surface area contributed by atoms with Gasteiger partial charge in [0.25, 0.3) is 5.91 Å². The number of hydrogen-bond donors (Lipinski definition) is 1. The molecule has 4 aromatic rings. The third kappa shape index (κ3) is 5.53. The van der Waals surface area contributed by atoms with Crippen molar-refractivity contribution in [2.45, 2.75) is 18.8 Å². The minimum atomic E-state index is -3.23. The number of sulfone groups is 1. The molecule has 8 heteroatoms. The number of furan rings is 1. The van der Waals surface area contributed by atoms with Crippen molar-refractivity contribution in [2.24, 2.45) is 0 Å². The second-order valence-electron chi connectivity index (χ2n) is 7.61. The third-order valence-electron chi connectivity index (χ3n) is 4.94. The molecule has 0 saturated heterocycles. The predicted octanol–water partition coefficient (Wildman–Crippen LogP) is 3.67. The van der Waals surface area contributed by atoms with Crippen LogP contribution in [0.25, 0.3) is 11.1 Å². The van der Waals surface area contributed by atoms with Gasteiger partial charge >= 0.3 is 0 Å². The van der Waals surface area contributed by atoms with E-state index in [0.717, 1.165) is 29.5 Å². The molecule has 0 fully saturated rings. The fourth-order valence-corrected chi connectivity index (χ4v) is 4.11. The first-order chi connectivity index (χ1) is 15.4. The van der Waals surface area contributed by atoms with Crippen molar-refractivity contribution in [3.63, 3.8) is 0 Å². The molecule has 2 aromatic carbocycles. The smallest absolute Gasteiger partial charge is 0.287 e. The quantitative estimate of drug-likeness (QED) is 0.443. The fourth-order valence-electron chi connectivity index (χ4n) is 3.44. The molecular formula is C24H23N3O4S. The highest BCUT2D eigenvalue weighted by molar-refractivity contribution is 7.89. The number of nitrogens with zero attached hydrogens (tertiary/aromatic N) is 2. The standard InChI is InChI=1S/C24H23N3O4S/c1-32(29,30)16-21-10-11-23(31-21)24(28)26-14-20-4-2-3-5-22(20)19-8-6-18(7-9-19)15-27-13-12-25-17-27/h2-13,17H,14-16H2,1H3,(H,26,28). The van der Waals surface area contributed by atoms with Crippen molar-refractivity contribution in [3.05, 3.63) is 102 Å². The highest BCUT2D eigenvalue weighted by Crippen LogP contribution is 2.24. The minimum Gasteiger partial charge on any atom is -0.455 e. The Morgan fingerprint density at radius 2 is 1.84 bits per heavy atom. The van der Waals surface area contributed by atoms with Gasteiger partial charge in [-0.15, -0.1) is 0 Å². The van der Waals surface area contributed by atoms with Gasteiger partial charge in [0.2, 0.25) is 0 Å². The Hall–Kier alpha value is -3.65. The summed E-state index contributed by atoms with van der Waals surface area (Å²) in [5.74, 6) is -0.297. The molecule has 164 valence electrons. The lowest BCUT2D eigenvalue weighted by atomic mass is 9.98. The molecule has 2 heterocycles. The van der Waals surface area contributed by atoms with Crippen molar-refractivity contribution in [1.29, 1.82) is 0 Å². The van der Waals surface area contributed by atoms with E-state index in [2.05, 4.69) is 34.6 Å². The molecule has 0 aliphatic carbocycles. The number of carbonyl (C=O) groups excluding carboxylic acids is 1. The third-order valence-corrected chi connectivity index (χ3v) is 5.74. The van der Waals surface area contributed by atoms with Gasteiger partial charge in [0.15, 0.2) is 15.6 Å². The average molecular weight is 450 g/mol. The van der Waals surface area contributed by atoms with Gasteiger partial charge in [-0.05, 0) is 34.4 Å². The van der Waals surface area contributed by atoms with Crippen LogP contribution in [0.3, 0.4) is 0 Å². The van der Waals surface area contributed by atoms with E-state index in [1.165, 1.54) is 17.7 Å². The van der Waals surface area contributed by atoms with Gasteiger partial charge in [0.1, 0.15) is 11.5 Å². The number of hydrogen-bond acceptors (Lipinski definition) is 5. The van der Waals surface area contributed by atoms with Crippen LogP contribution in [0.4, 0.5) is 0 Å². The number of imidazole rings is 1. The van der Waals surface area contributed by atoms with E-state index < -0.39 is 15.7 Å². The molecule has 0 radical (unpaired) electrons. The first-order valence-electron chi connectivity index (χ1n) is 10.0. The lowest BCUT2D eigenvalue weighted by Gasteiger charge is -2.11. The van der Waals surface area contributed by atoms with E-state index in [9.17, 15) is 13.2 Å². The van der Waals surface area contributed by atoms with Crippen molar-refractivity contribution in [2.75, 3.05) is 6.26 Å². The number of benzene rings is 2. The molecule has 2 aromatic heterocycles. The topological polar surface area (TPSA) is 94.2 Å². The van der Waals surface area contributed by atoms with Crippen LogP contribution in [0, 0.1) is 0 Å². The summed E-state index contributed by atoms with van der Waals surface area (Å²) in [5.41, 5.74) is 4.21. The minimum absolute atomic E-state index is 0.0879. The van der Waals surface area contributed by atoms with Crippen molar-refractivity contribution >= 4 is 15.7 Å². The van der Waals surface area contributed by atoms with E-state index in [-0.39, 0.29) is 17.3 Å². The zero-order valence-electron chi connectivity index (χ0n) is 17.6. The summed E-state index contributed by atoms with van der Waals surface area (Å²) >= 11 is 0. The van der Waals surface area contributed by atoms with E-state index in [1.807, 2.05) is 35.0 Å². The van der Waals surface area contributed by atoms with Crippen LogP contribution in [0.2, 0.25) is 0 Å². The Bertz CT molecular complexity index is 1310. The summed E-state index contributed by atoms with van der Waals surface area (Å²) in [6.45, 7) is 1.07. The van der Waals surface area contributed by atoms with Crippen molar-refractivity contribution in [1.82, 2.24) is 14.9 Å². The second kappa shape index (κ2) is 9.23. The molecule has 0 spiro atoms. The Morgan fingerprint density at radius 3 is 2.56 bits per heavy atom. The van der Waals surface area contributed by atoms with Gasteiger partial charge in [0.05, 0.1) is 6.33 Å². The SMILES string of the molecule is CS(=O)(=O)Cc1ccc(C(=O)NCc2ccccc2-c2ccc(Cn3ccnc3)cc2)o1. The highest BCUT2D eigenvalue weighted by Gasteiger charge is 2.15.